The van der Waals surface area contributed by atoms with E-state index in [0.717, 1.165) is 22.9 Å². The molecule has 0 amide bonds. The van der Waals surface area contributed by atoms with Gasteiger partial charge in [0.15, 0.2) is 0 Å². The maximum Gasteiger partial charge on any atom is 0.294 e. The Morgan fingerprint density at radius 1 is 0.775 bits per heavy atom. The molecule has 10 nitrogen and oxygen atoms in total. The number of hydrogen-bond donors (Lipinski definition) is 2. The second kappa shape index (κ2) is 12.4. The SMILES string of the molecule is COc1ccc(Cc2ccc(Oc3ccc(S(=O)(=O)c4ccc(C)c(S(=O)(=O)O)c4)cc3SOOO)cc2)cc1. The standard InChI is InChI=1S/C27H24O10S3/c1-18-3-12-24(17-27(18)40(31,32)33)39(29,30)23-13-14-25(26(16-23)38-37-36-28)35-22-10-6-20(7-11-22)15-19-4-8-21(34-2)9-5-19/h3-14,16-17,28H,15H2,1-2H3,(H,31,32,33). The Morgan fingerprint density at radius 2 is 1.35 bits per heavy atom. The van der Waals surface area contributed by atoms with Crippen molar-refractivity contribution in [1.82, 2.24) is 0 Å². The van der Waals surface area contributed by atoms with Gasteiger partial charge in [-0.1, -0.05) is 35.4 Å². The zero-order valence-electron chi connectivity index (χ0n) is 21.2. The molecule has 0 unspecified atom stereocenters. The first-order chi connectivity index (χ1) is 19.0. The summed E-state index contributed by atoms with van der Waals surface area (Å²) in [5.74, 6) is 1.43. The molecule has 2 N–H and O–H groups in total. The summed E-state index contributed by atoms with van der Waals surface area (Å²) in [4.78, 5) is -0.943. The zero-order valence-corrected chi connectivity index (χ0v) is 23.6. The Kier molecular flexibility index (Phi) is 9.15. The summed E-state index contributed by atoms with van der Waals surface area (Å²) in [6, 6.07) is 22.3. The minimum Gasteiger partial charge on any atom is -0.497 e. The first-order valence-electron chi connectivity index (χ1n) is 11.5. The van der Waals surface area contributed by atoms with Crippen molar-refractivity contribution in [3.8, 4) is 17.2 Å². The molecule has 0 spiro atoms. The van der Waals surface area contributed by atoms with Crippen molar-refractivity contribution in [2.45, 2.75) is 32.9 Å². The summed E-state index contributed by atoms with van der Waals surface area (Å²) >= 11 is 0.502. The van der Waals surface area contributed by atoms with E-state index >= 15 is 0 Å². The molecular weight excluding hydrogens is 580 g/mol. The first-order valence-corrected chi connectivity index (χ1v) is 15.2. The van der Waals surface area contributed by atoms with Crippen molar-refractivity contribution in [3.05, 3.63) is 102 Å². The lowest BCUT2D eigenvalue weighted by Gasteiger charge is -2.13. The van der Waals surface area contributed by atoms with E-state index in [0.29, 0.717) is 24.2 Å². The van der Waals surface area contributed by atoms with Crippen LogP contribution >= 0.6 is 12.0 Å². The molecule has 0 bridgehead atoms. The molecular formula is C27H24O10S3. The van der Waals surface area contributed by atoms with Gasteiger partial charge in [0.05, 0.1) is 38.7 Å². The number of hydrogen-bond acceptors (Lipinski definition) is 10. The van der Waals surface area contributed by atoms with Crippen LogP contribution in [0.25, 0.3) is 0 Å². The van der Waals surface area contributed by atoms with E-state index < -0.39 is 24.9 Å². The maximum atomic E-state index is 13.3. The largest absolute Gasteiger partial charge is 0.497 e. The smallest absolute Gasteiger partial charge is 0.294 e. The monoisotopic (exact) mass is 604 g/mol. The molecule has 4 aromatic rings. The van der Waals surface area contributed by atoms with Gasteiger partial charge in [-0.05, 0) is 84.6 Å². The summed E-state index contributed by atoms with van der Waals surface area (Å²) in [6.07, 6.45) is 0.692. The van der Waals surface area contributed by atoms with Crippen LogP contribution in [-0.2, 0) is 35.7 Å². The van der Waals surface area contributed by atoms with Gasteiger partial charge in [-0.25, -0.2) is 13.7 Å². The van der Waals surface area contributed by atoms with Crippen LogP contribution in [0.3, 0.4) is 0 Å². The Balaban J connectivity index is 1.59. The summed E-state index contributed by atoms with van der Waals surface area (Å²) in [5, 5.41) is 12.3. The number of methoxy groups -OCH3 is 1. The molecule has 0 heterocycles. The van der Waals surface area contributed by atoms with Crippen LogP contribution in [0.15, 0.2) is 105 Å². The van der Waals surface area contributed by atoms with Gasteiger partial charge in [-0.2, -0.15) is 8.42 Å². The van der Waals surface area contributed by atoms with Crippen molar-refractivity contribution in [3.63, 3.8) is 0 Å². The Hall–Kier alpha value is -3.43. The van der Waals surface area contributed by atoms with E-state index in [-0.39, 0.29) is 26.0 Å². The van der Waals surface area contributed by atoms with Crippen molar-refractivity contribution in [2.24, 2.45) is 0 Å². The molecule has 4 aromatic carbocycles. The molecule has 0 saturated carbocycles. The molecule has 0 aliphatic heterocycles. The van der Waals surface area contributed by atoms with E-state index in [1.165, 1.54) is 37.3 Å². The fourth-order valence-corrected chi connectivity index (χ4v) is 6.48. The molecule has 210 valence electrons. The fourth-order valence-electron chi connectivity index (χ4n) is 3.80. The van der Waals surface area contributed by atoms with E-state index in [9.17, 15) is 21.4 Å². The van der Waals surface area contributed by atoms with Crippen molar-refractivity contribution in [1.29, 1.82) is 0 Å². The fraction of sp³-hybridized carbons (Fsp3) is 0.111. The second-order valence-corrected chi connectivity index (χ2v) is 12.6. The Morgan fingerprint density at radius 3 is 1.93 bits per heavy atom. The quantitative estimate of drug-likeness (QED) is 0.0914. The topological polar surface area (TPSA) is 146 Å². The average molecular weight is 605 g/mol. The molecule has 0 saturated heterocycles. The highest BCUT2D eigenvalue weighted by molar-refractivity contribution is 7.94. The lowest BCUT2D eigenvalue weighted by Crippen LogP contribution is -2.07. The molecule has 40 heavy (non-hydrogen) atoms. The summed E-state index contributed by atoms with van der Waals surface area (Å²) < 4.78 is 75.0. The van der Waals surface area contributed by atoms with Gasteiger partial charge < -0.3 is 9.47 Å². The van der Waals surface area contributed by atoms with Crippen molar-refractivity contribution in [2.75, 3.05) is 7.11 Å². The zero-order chi connectivity index (χ0) is 28.9. The second-order valence-electron chi connectivity index (χ2n) is 8.51. The van der Waals surface area contributed by atoms with Gasteiger partial charge in [0.25, 0.3) is 10.1 Å². The number of rotatable bonds is 11. The number of benzene rings is 4. The van der Waals surface area contributed by atoms with Crippen LogP contribution in [0.1, 0.15) is 16.7 Å². The van der Waals surface area contributed by atoms with Gasteiger partial charge in [0, 0.05) is 0 Å². The van der Waals surface area contributed by atoms with Crippen LogP contribution in [0.5, 0.6) is 17.2 Å². The van der Waals surface area contributed by atoms with E-state index in [1.807, 2.05) is 36.4 Å². The molecule has 0 fully saturated rings. The number of sulfone groups is 1. The number of aryl methyl sites for hydroxylation is 1. The third kappa shape index (κ3) is 7.01. The third-order valence-electron chi connectivity index (χ3n) is 5.85. The minimum absolute atomic E-state index is 0.138. The minimum atomic E-state index is -4.64. The maximum absolute atomic E-state index is 13.3. The molecule has 0 aromatic heterocycles. The highest BCUT2D eigenvalue weighted by Gasteiger charge is 2.24. The summed E-state index contributed by atoms with van der Waals surface area (Å²) in [5.41, 5.74) is 2.32. The molecule has 4 rings (SSSR count). The Labute approximate surface area is 235 Å². The molecule has 0 radical (unpaired) electrons. The van der Waals surface area contributed by atoms with E-state index in [4.69, 9.17) is 14.7 Å². The summed E-state index contributed by atoms with van der Waals surface area (Å²) in [6.45, 7) is 1.43. The molecule has 0 aliphatic carbocycles. The number of ether oxygens (including phenoxy) is 2. The van der Waals surface area contributed by atoms with Crippen LogP contribution in [-0.4, -0.2) is 33.8 Å². The van der Waals surface area contributed by atoms with Crippen molar-refractivity contribution < 1.29 is 45.5 Å². The lowest BCUT2D eigenvalue weighted by molar-refractivity contribution is -0.432. The van der Waals surface area contributed by atoms with Gasteiger partial charge in [-0.3, -0.25) is 4.55 Å². The van der Waals surface area contributed by atoms with Gasteiger partial charge in [0.1, 0.15) is 17.2 Å². The van der Waals surface area contributed by atoms with E-state index in [1.54, 1.807) is 19.2 Å². The van der Waals surface area contributed by atoms with Crippen LogP contribution in [0.2, 0.25) is 0 Å². The predicted molar refractivity (Wildman–Crippen MR) is 146 cm³/mol. The van der Waals surface area contributed by atoms with Crippen LogP contribution in [0.4, 0.5) is 0 Å². The molecule has 0 aliphatic rings. The highest BCUT2D eigenvalue weighted by Crippen LogP contribution is 2.37. The predicted octanol–water partition coefficient (Wildman–Crippen LogP) is 5.89. The molecule has 13 heteroatoms. The highest BCUT2D eigenvalue weighted by atomic mass is 32.2. The lowest BCUT2D eigenvalue weighted by atomic mass is 10.0. The van der Waals surface area contributed by atoms with Crippen LogP contribution in [0, 0.1) is 6.92 Å². The summed E-state index contributed by atoms with van der Waals surface area (Å²) in [7, 11) is -7.26. The normalized spacial score (nSPS) is 11.8. The van der Waals surface area contributed by atoms with Gasteiger partial charge >= 0.3 is 0 Å². The third-order valence-corrected chi connectivity index (χ3v) is 9.22. The molecule has 0 atom stereocenters. The van der Waals surface area contributed by atoms with Gasteiger partial charge in [0.2, 0.25) is 9.84 Å². The van der Waals surface area contributed by atoms with Gasteiger partial charge in [-0.15, -0.1) is 4.33 Å². The first kappa shape index (κ1) is 29.6. The van der Waals surface area contributed by atoms with E-state index in [2.05, 4.69) is 9.37 Å². The van der Waals surface area contributed by atoms with Crippen LogP contribution < -0.4 is 9.47 Å². The average Bonchev–Trinajstić information content (AvgIpc) is 2.93. The van der Waals surface area contributed by atoms with Crippen molar-refractivity contribution >= 4 is 32.0 Å². The Bertz CT molecular complexity index is 1700.